The number of carbonyl (C=O) groups excluding carboxylic acids is 1. The Labute approximate surface area is 278 Å². The van der Waals surface area contributed by atoms with Gasteiger partial charge in [0.25, 0.3) is 0 Å². The summed E-state index contributed by atoms with van der Waals surface area (Å²) in [6, 6.07) is 9.11. The highest BCUT2D eigenvalue weighted by Gasteiger charge is 2.36. The second kappa shape index (κ2) is 13.3. The molecule has 3 heterocycles. The fraction of sp³-hybridized carbons (Fsp3) is 0.419. The molecule has 1 aliphatic rings. The van der Waals surface area contributed by atoms with Crippen molar-refractivity contribution in [1.29, 1.82) is 0 Å². The number of anilines is 2. The maximum absolute atomic E-state index is 14.7. The number of alkyl halides is 4. The zero-order chi connectivity index (χ0) is 35.0. The average Bonchev–Trinajstić information content (AvgIpc) is 3.32. The number of ether oxygens (including phenoxy) is 2. The predicted molar refractivity (Wildman–Crippen MR) is 175 cm³/mol. The van der Waals surface area contributed by atoms with Crippen LogP contribution in [0.15, 0.2) is 42.6 Å². The van der Waals surface area contributed by atoms with Crippen LogP contribution in [0, 0.1) is 13.8 Å². The van der Waals surface area contributed by atoms with Crippen molar-refractivity contribution in [2.24, 2.45) is 0 Å². The zero-order valence-corrected chi connectivity index (χ0v) is 28.3. The van der Waals surface area contributed by atoms with Gasteiger partial charge in [-0.2, -0.15) is 13.2 Å². The number of hydrogen-bond acceptors (Lipinski definition) is 10. The Bertz CT molecular complexity index is 1930. The van der Waals surface area contributed by atoms with Crippen LogP contribution in [-0.4, -0.2) is 77.2 Å². The average molecular weight is 711 g/mol. The molecular formula is C31H34F4N6O5S2. The lowest BCUT2D eigenvalue weighted by molar-refractivity contribution is -0.106. The highest BCUT2D eigenvalue weighted by atomic mass is 32.2. The van der Waals surface area contributed by atoms with Gasteiger partial charge in [0.05, 0.1) is 22.9 Å². The van der Waals surface area contributed by atoms with Crippen LogP contribution in [0.4, 0.5) is 34.0 Å². The van der Waals surface area contributed by atoms with Gasteiger partial charge in [0.1, 0.15) is 22.4 Å². The van der Waals surface area contributed by atoms with E-state index in [1.807, 2.05) is 0 Å². The zero-order valence-electron chi connectivity index (χ0n) is 26.7. The summed E-state index contributed by atoms with van der Waals surface area (Å²) in [6.07, 6.45) is -5.15. The molecule has 1 amide bonds. The minimum Gasteiger partial charge on any atom is -0.444 e. The molecular weight excluding hydrogens is 677 g/mol. The molecule has 17 heteroatoms. The van der Waals surface area contributed by atoms with E-state index < -0.39 is 45.9 Å². The van der Waals surface area contributed by atoms with Crippen molar-refractivity contribution in [2.45, 2.75) is 65.0 Å². The minimum absolute atomic E-state index is 0.0237. The lowest BCUT2D eigenvalue weighted by Crippen LogP contribution is -2.51. The third-order valence-electron chi connectivity index (χ3n) is 6.97. The number of rotatable bonds is 8. The van der Waals surface area contributed by atoms with E-state index in [2.05, 4.69) is 25.0 Å². The summed E-state index contributed by atoms with van der Waals surface area (Å²) in [4.78, 5) is 27.9. The number of likely N-dealkylation sites (tertiary alicyclic amines) is 1. The molecule has 0 spiro atoms. The quantitative estimate of drug-likeness (QED) is 0.182. The van der Waals surface area contributed by atoms with Gasteiger partial charge in [-0.05, 0) is 52.3 Å². The van der Waals surface area contributed by atoms with Crippen LogP contribution >= 0.6 is 11.3 Å². The normalized spacial score (nSPS) is 17.3. The van der Waals surface area contributed by atoms with E-state index in [0.717, 1.165) is 0 Å². The highest BCUT2D eigenvalue weighted by Crippen LogP contribution is 2.42. The van der Waals surface area contributed by atoms with Gasteiger partial charge in [0.2, 0.25) is 21.9 Å². The standard InChI is InChI=1S/C31H34F4N6O5S2/c1-17-12-24(40-48(43,44)16-31(33,34)35)21-8-6-7-9-22(21)25(17)45-27-26(47-18(2)37-27)23-10-11-36-28(39-23)38-20-13-19(32)14-41(15-20)29(42)46-30(3,4)5/h6-12,19-20,40H,13-16H2,1-5H3,(H,36,38,39)/t19-,20-/m0/s1. The largest absolute Gasteiger partial charge is 0.444 e. The third-order valence-corrected chi connectivity index (χ3v) is 9.19. The van der Waals surface area contributed by atoms with Gasteiger partial charge in [-0.25, -0.2) is 32.6 Å². The van der Waals surface area contributed by atoms with Crippen LogP contribution in [0.1, 0.15) is 37.8 Å². The molecule has 1 fully saturated rings. The number of sulfonamides is 1. The first-order valence-corrected chi connectivity index (χ1v) is 17.3. The lowest BCUT2D eigenvalue weighted by atomic mass is 10.0. The van der Waals surface area contributed by atoms with E-state index in [1.165, 1.54) is 28.5 Å². The fourth-order valence-corrected chi connectivity index (χ4v) is 7.04. The Balaban J connectivity index is 1.41. The number of aromatic nitrogens is 3. The van der Waals surface area contributed by atoms with Crippen molar-refractivity contribution in [1.82, 2.24) is 19.9 Å². The number of carbonyl (C=O) groups is 1. The Morgan fingerprint density at radius 2 is 1.79 bits per heavy atom. The molecule has 4 aromatic rings. The number of aryl methyl sites for hydroxylation is 2. The van der Waals surface area contributed by atoms with Gasteiger partial charge in [0.15, 0.2) is 5.75 Å². The summed E-state index contributed by atoms with van der Waals surface area (Å²) in [6.45, 7) is 8.73. The minimum atomic E-state index is -4.92. The fourth-order valence-electron chi connectivity index (χ4n) is 5.22. The Kier molecular flexibility index (Phi) is 9.74. The van der Waals surface area contributed by atoms with Gasteiger partial charge >= 0.3 is 12.3 Å². The molecule has 0 bridgehead atoms. The molecule has 2 atom stereocenters. The number of hydrogen-bond donors (Lipinski definition) is 2. The number of thiazole rings is 1. The van der Waals surface area contributed by atoms with Gasteiger partial charge in [-0.3, -0.25) is 4.72 Å². The summed E-state index contributed by atoms with van der Waals surface area (Å²) in [5.74, 6) is -1.31. The summed E-state index contributed by atoms with van der Waals surface area (Å²) in [7, 11) is -4.74. The Morgan fingerprint density at radius 3 is 2.48 bits per heavy atom. The van der Waals surface area contributed by atoms with E-state index in [9.17, 15) is 30.8 Å². The molecule has 48 heavy (non-hydrogen) atoms. The second-order valence-electron chi connectivity index (χ2n) is 12.4. The summed E-state index contributed by atoms with van der Waals surface area (Å²) < 4.78 is 91.7. The number of benzene rings is 2. The molecule has 2 aromatic carbocycles. The summed E-state index contributed by atoms with van der Waals surface area (Å²) in [5.41, 5.74) is 0.134. The molecule has 2 aromatic heterocycles. The monoisotopic (exact) mass is 710 g/mol. The number of fused-ring (bicyclic) bond motifs is 1. The molecule has 5 rings (SSSR count). The maximum Gasteiger partial charge on any atom is 0.410 e. The van der Waals surface area contributed by atoms with Crippen LogP contribution in [0.25, 0.3) is 21.3 Å². The van der Waals surface area contributed by atoms with Gasteiger partial charge in [-0.1, -0.05) is 24.3 Å². The molecule has 11 nitrogen and oxygen atoms in total. The lowest BCUT2D eigenvalue weighted by Gasteiger charge is -2.36. The number of amides is 1. The van der Waals surface area contributed by atoms with E-state index in [4.69, 9.17) is 9.47 Å². The van der Waals surface area contributed by atoms with Crippen molar-refractivity contribution in [3.8, 4) is 22.2 Å². The molecule has 2 N–H and O–H groups in total. The summed E-state index contributed by atoms with van der Waals surface area (Å²) >= 11 is 1.30. The molecule has 0 unspecified atom stereocenters. The number of piperidine rings is 1. The highest BCUT2D eigenvalue weighted by molar-refractivity contribution is 7.92. The van der Waals surface area contributed by atoms with Crippen LogP contribution < -0.4 is 14.8 Å². The number of halogens is 4. The van der Waals surface area contributed by atoms with Crippen molar-refractivity contribution in [2.75, 3.05) is 28.9 Å². The van der Waals surface area contributed by atoms with Gasteiger partial charge in [-0.15, -0.1) is 11.3 Å². The van der Waals surface area contributed by atoms with E-state index >= 15 is 0 Å². The first-order valence-electron chi connectivity index (χ1n) is 14.8. The van der Waals surface area contributed by atoms with Gasteiger partial charge < -0.3 is 19.7 Å². The SMILES string of the molecule is Cc1nc(Oc2c(C)cc(NS(=O)(=O)CC(F)(F)F)c3ccccc23)c(-c2ccnc(N[C@H]3C[C@H](F)CN(C(=O)OC(C)(C)C)C3)n2)s1. The van der Waals surface area contributed by atoms with Gasteiger partial charge in [0, 0.05) is 36.0 Å². The van der Waals surface area contributed by atoms with Crippen molar-refractivity contribution in [3.63, 3.8) is 0 Å². The molecule has 0 radical (unpaired) electrons. The van der Waals surface area contributed by atoms with Crippen molar-refractivity contribution in [3.05, 3.63) is 53.2 Å². The van der Waals surface area contributed by atoms with E-state index in [1.54, 1.807) is 65.0 Å². The van der Waals surface area contributed by atoms with Crippen LogP contribution in [0.2, 0.25) is 0 Å². The number of nitrogens with one attached hydrogen (secondary N) is 2. The first kappa shape index (κ1) is 35.1. The van der Waals surface area contributed by atoms with Crippen LogP contribution in [0.5, 0.6) is 11.6 Å². The Morgan fingerprint density at radius 1 is 1.08 bits per heavy atom. The van der Waals surface area contributed by atoms with Crippen LogP contribution in [0.3, 0.4) is 0 Å². The Hall–Kier alpha value is -4.25. The van der Waals surface area contributed by atoms with Crippen molar-refractivity contribution < 1.29 is 40.2 Å². The second-order valence-corrected chi connectivity index (χ2v) is 15.3. The molecule has 1 saturated heterocycles. The first-order chi connectivity index (χ1) is 22.4. The smallest absolute Gasteiger partial charge is 0.410 e. The van der Waals surface area contributed by atoms with Crippen LogP contribution in [-0.2, 0) is 14.8 Å². The molecule has 0 aliphatic carbocycles. The summed E-state index contributed by atoms with van der Waals surface area (Å²) in [5, 5.41) is 4.53. The van der Waals surface area contributed by atoms with Crippen molar-refractivity contribution >= 4 is 49.9 Å². The topological polar surface area (TPSA) is 136 Å². The molecule has 258 valence electrons. The third kappa shape index (κ3) is 8.80. The predicted octanol–water partition coefficient (Wildman–Crippen LogP) is 7.23. The molecule has 0 saturated carbocycles. The molecule has 1 aliphatic heterocycles. The van der Waals surface area contributed by atoms with E-state index in [-0.39, 0.29) is 37.0 Å². The number of nitrogens with zero attached hydrogens (tertiary/aromatic N) is 4. The van der Waals surface area contributed by atoms with E-state index in [0.29, 0.717) is 37.7 Å². The maximum atomic E-state index is 14.7.